The topological polar surface area (TPSA) is 88.9 Å². The highest BCUT2D eigenvalue weighted by molar-refractivity contribution is 14.1. The molecule has 10 heteroatoms. The Bertz CT molecular complexity index is 1200. The van der Waals surface area contributed by atoms with E-state index in [1.54, 1.807) is 24.3 Å². The van der Waals surface area contributed by atoms with E-state index in [0.29, 0.717) is 40.5 Å². The Hall–Kier alpha value is -2.11. The summed E-state index contributed by atoms with van der Waals surface area (Å²) in [4.78, 5) is 25.5. The highest BCUT2D eigenvalue weighted by Crippen LogP contribution is 2.26. The number of carbonyl (C=O) groups is 2. The molecular formula is C25H29ClIN5O2S. The second-order valence-electron chi connectivity index (χ2n) is 8.52. The molecule has 1 aromatic heterocycles. The van der Waals surface area contributed by atoms with E-state index in [-0.39, 0.29) is 23.6 Å². The predicted molar refractivity (Wildman–Crippen MR) is 150 cm³/mol. The van der Waals surface area contributed by atoms with Crippen LogP contribution < -0.4 is 10.6 Å². The van der Waals surface area contributed by atoms with E-state index >= 15 is 0 Å². The van der Waals surface area contributed by atoms with Gasteiger partial charge in [-0.1, -0.05) is 49.3 Å². The molecule has 0 saturated heterocycles. The summed E-state index contributed by atoms with van der Waals surface area (Å²) in [6.07, 6.45) is 0.686. The van der Waals surface area contributed by atoms with Gasteiger partial charge in [0.2, 0.25) is 5.91 Å². The third-order valence-corrected chi connectivity index (χ3v) is 7.27. The van der Waals surface area contributed by atoms with Crippen molar-refractivity contribution in [2.75, 3.05) is 11.1 Å². The lowest BCUT2D eigenvalue weighted by molar-refractivity contribution is -0.113. The lowest BCUT2D eigenvalue weighted by atomic mass is 10.0. The molecule has 0 saturated carbocycles. The smallest absolute Gasteiger partial charge is 0.253 e. The van der Waals surface area contributed by atoms with Crippen LogP contribution >= 0.6 is 46.0 Å². The van der Waals surface area contributed by atoms with Crippen LogP contribution in [0.25, 0.3) is 0 Å². The minimum absolute atomic E-state index is 0.114. The maximum atomic E-state index is 13.0. The molecule has 2 N–H and O–H groups in total. The van der Waals surface area contributed by atoms with Crippen LogP contribution in [0, 0.1) is 16.4 Å². The van der Waals surface area contributed by atoms with Crippen LogP contribution in [0.2, 0.25) is 5.02 Å². The zero-order valence-corrected chi connectivity index (χ0v) is 23.9. The number of hydrogen-bond donors (Lipinski definition) is 2. The molecule has 2 aromatic carbocycles. The predicted octanol–water partition coefficient (Wildman–Crippen LogP) is 6.11. The van der Waals surface area contributed by atoms with Crippen molar-refractivity contribution in [3.05, 3.63) is 68.0 Å². The molecule has 0 radical (unpaired) electrons. The summed E-state index contributed by atoms with van der Waals surface area (Å²) in [5, 5.41) is 15.8. The van der Waals surface area contributed by atoms with Gasteiger partial charge in [-0.25, -0.2) is 0 Å². The number of aryl methyl sites for hydroxylation is 1. The lowest BCUT2D eigenvalue weighted by Crippen LogP contribution is -2.31. The van der Waals surface area contributed by atoms with Crippen LogP contribution in [0.4, 0.5) is 5.69 Å². The third-order valence-electron chi connectivity index (χ3n) is 5.30. The van der Waals surface area contributed by atoms with E-state index < -0.39 is 0 Å². The number of nitrogens with zero attached hydrogens (tertiary/aromatic N) is 3. The molecule has 2 amide bonds. The van der Waals surface area contributed by atoms with Gasteiger partial charge < -0.3 is 15.2 Å². The molecule has 0 bridgehead atoms. The Labute approximate surface area is 228 Å². The van der Waals surface area contributed by atoms with Gasteiger partial charge >= 0.3 is 0 Å². The molecule has 3 rings (SSSR count). The summed E-state index contributed by atoms with van der Waals surface area (Å²) in [6.45, 7) is 8.76. The Morgan fingerprint density at radius 1 is 1.17 bits per heavy atom. The number of rotatable bonds is 10. The third kappa shape index (κ3) is 7.44. The fraction of sp³-hybridized carbons (Fsp3) is 0.360. The van der Waals surface area contributed by atoms with Crippen molar-refractivity contribution in [1.29, 1.82) is 0 Å². The van der Waals surface area contributed by atoms with Crippen LogP contribution in [0.5, 0.6) is 0 Å². The molecule has 35 heavy (non-hydrogen) atoms. The van der Waals surface area contributed by atoms with Crippen LogP contribution in [0.15, 0.2) is 47.6 Å². The molecule has 1 atom stereocenters. The van der Waals surface area contributed by atoms with Crippen molar-refractivity contribution in [1.82, 2.24) is 20.1 Å². The number of hydrogen-bond acceptors (Lipinski definition) is 5. The fourth-order valence-electron chi connectivity index (χ4n) is 3.63. The van der Waals surface area contributed by atoms with Gasteiger partial charge in [0.15, 0.2) is 11.0 Å². The highest BCUT2D eigenvalue weighted by atomic mass is 127. The molecule has 1 heterocycles. The molecule has 0 aliphatic heterocycles. The van der Waals surface area contributed by atoms with Gasteiger partial charge in [-0.05, 0) is 84.7 Å². The monoisotopic (exact) mass is 625 g/mol. The molecule has 0 fully saturated rings. The molecule has 0 aliphatic rings. The van der Waals surface area contributed by atoms with Gasteiger partial charge in [0.25, 0.3) is 5.91 Å². The first-order valence-electron chi connectivity index (χ1n) is 11.4. The van der Waals surface area contributed by atoms with Gasteiger partial charge in [0.1, 0.15) is 0 Å². The molecule has 186 valence electrons. The van der Waals surface area contributed by atoms with Crippen LogP contribution in [0.1, 0.15) is 55.0 Å². The fourth-order valence-corrected chi connectivity index (χ4v) is 5.31. The average molecular weight is 626 g/mol. The summed E-state index contributed by atoms with van der Waals surface area (Å²) in [7, 11) is 0. The van der Waals surface area contributed by atoms with Crippen molar-refractivity contribution in [3.63, 3.8) is 0 Å². The molecular weight excluding hydrogens is 597 g/mol. The minimum atomic E-state index is -0.344. The van der Waals surface area contributed by atoms with Crippen molar-refractivity contribution in [2.24, 2.45) is 5.92 Å². The van der Waals surface area contributed by atoms with Crippen LogP contribution in [0.3, 0.4) is 0 Å². The Morgan fingerprint density at radius 2 is 1.91 bits per heavy atom. The maximum Gasteiger partial charge on any atom is 0.253 e. The maximum absolute atomic E-state index is 13.0. The van der Waals surface area contributed by atoms with Gasteiger partial charge in [-0.15, -0.1) is 10.2 Å². The van der Waals surface area contributed by atoms with E-state index in [4.69, 9.17) is 11.6 Å². The summed E-state index contributed by atoms with van der Waals surface area (Å²) < 4.78 is 3.07. The van der Waals surface area contributed by atoms with Gasteiger partial charge in [0, 0.05) is 15.8 Å². The van der Waals surface area contributed by atoms with Crippen LogP contribution in [-0.4, -0.2) is 32.3 Å². The molecule has 0 spiro atoms. The summed E-state index contributed by atoms with van der Waals surface area (Å²) in [5.74, 6) is 0.806. The van der Waals surface area contributed by atoms with E-state index in [1.165, 1.54) is 11.8 Å². The van der Waals surface area contributed by atoms with Crippen LogP contribution in [-0.2, 0) is 11.3 Å². The van der Waals surface area contributed by atoms with Gasteiger partial charge in [-0.3, -0.25) is 9.59 Å². The molecule has 7 nitrogen and oxygen atoms in total. The number of carbonyl (C=O) groups excluding carboxylic acids is 2. The zero-order chi connectivity index (χ0) is 25.5. The zero-order valence-electron chi connectivity index (χ0n) is 20.1. The van der Waals surface area contributed by atoms with E-state index in [1.807, 2.05) is 36.6 Å². The number of aromatic nitrogens is 3. The Morgan fingerprint density at radius 3 is 2.57 bits per heavy atom. The number of thioether (sulfide) groups is 1. The van der Waals surface area contributed by atoms with Gasteiger partial charge in [0.05, 0.1) is 22.4 Å². The van der Waals surface area contributed by atoms with Gasteiger partial charge in [-0.2, -0.15) is 0 Å². The summed E-state index contributed by atoms with van der Waals surface area (Å²) in [6, 6.07) is 12.5. The Kier molecular flexibility index (Phi) is 9.99. The number of anilines is 1. The van der Waals surface area contributed by atoms with E-state index in [9.17, 15) is 9.59 Å². The quantitative estimate of drug-likeness (QED) is 0.210. The first kappa shape index (κ1) is 27.5. The standard InChI is InChI=1S/C25H29ClIN5O2S/c1-5-32-23(21(12-15(2)3)29-24(34)18-8-6-7-9-19(18)26)30-31-25(32)35-14-22(33)28-20-11-10-17(27)13-16(20)4/h6-11,13,15,21H,5,12,14H2,1-4H3,(H,28,33)(H,29,34)/t21-/m1/s1. The number of halogens is 2. The van der Waals surface area contributed by atoms with Crippen molar-refractivity contribution in [2.45, 2.75) is 51.9 Å². The minimum Gasteiger partial charge on any atom is -0.342 e. The number of nitrogens with one attached hydrogen (secondary N) is 2. The van der Waals surface area contributed by atoms with E-state index in [0.717, 1.165) is 14.8 Å². The molecule has 3 aromatic rings. The summed E-state index contributed by atoms with van der Waals surface area (Å²) >= 11 is 9.80. The second-order valence-corrected chi connectivity index (χ2v) is 11.1. The SMILES string of the molecule is CCn1c(SCC(=O)Nc2ccc(I)cc2C)nnc1[C@@H](CC(C)C)NC(=O)c1ccccc1Cl. The Balaban J connectivity index is 1.74. The largest absolute Gasteiger partial charge is 0.342 e. The highest BCUT2D eigenvalue weighted by Gasteiger charge is 2.25. The molecule has 0 aliphatic carbocycles. The summed E-state index contributed by atoms with van der Waals surface area (Å²) in [5.41, 5.74) is 2.23. The first-order valence-corrected chi connectivity index (χ1v) is 13.8. The molecule has 0 unspecified atom stereocenters. The van der Waals surface area contributed by atoms with Crippen molar-refractivity contribution in [3.8, 4) is 0 Å². The lowest BCUT2D eigenvalue weighted by Gasteiger charge is -2.21. The van der Waals surface area contributed by atoms with E-state index in [2.05, 4.69) is 57.3 Å². The van der Waals surface area contributed by atoms with Crippen molar-refractivity contribution >= 4 is 63.5 Å². The number of amides is 2. The number of benzene rings is 2. The normalized spacial score (nSPS) is 12.0. The van der Waals surface area contributed by atoms with Crippen molar-refractivity contribution < 1.29 is 9.59 Å². The second kappa shape index (κ2) is 12.7. The average Bonchev–Trinajstić information content (AvgIpc) is 3.22. The first-order chi connectivity index (χ1) is 16.7.